The van der Waals surface area contributed by atoms with E-state index in [1.165, 1.54) is 4.31 Å². The molecule has 0 unspecified atom stereocenters. The SMILES string of the molecule is COc1ccc([C@H](CC(C)C)NC(=O)[C@@H]2CCCN(S(=O)(=O)CCCc3ccccc3)C2)cc1. The van der Waals surface area contributed by atoms with Crippen LogP contribution in [0.1, 0.15) is 56.7 Å². The topological polar surface area (TPSA) is 75.7 Å². The minimum Gasteiger partial charge on any atom is -0.497 e. The van der Waals surface area contributed by atoms with Gasteiger partial charge in [0.15, 0.2) is 0 Å². The summed E-state index contributed by atoms with van der Waals surface area (Å²) in [5.74, 6) is 0.896. The third-order valence-corrected chi connectivity index (χ3v) is 8.32. The van der Waals surface area contributed by atoms with Gasteiger partial charge in [0.25, 0.3) is 0 Å². The summed E-state index contributed by atoms with van der Waals surface area (Å²) in [6.07, 6.45) is 3.53. The second-order valence-electron chi connectivity index (χ2n) is 9.57. The lowest BCUT2D eigenvalue weighted by Crippen LogP contribution is -2.46. The number of piperidine rings is 1. The van der Waals surface area contributed by atoms with Crippen LogP contribution in [-0.2, 0) is 21.2 Å². The van der Waals surface area contributed by atoms with Crippen molar-refractivity contribution in [1.29, 1.82) is 0 Å². The van der Waals surface area contributed by atoms with Crippen LogP contribution in [0.3, 0.4) is 0 Å². The van der Waals surface area contributed by atoms with Gasteiger partial charge in [-0.3, -0.25) is 4.79 Å². The minimum absolute atomic E-state index is 0.0642. The molecule has 1 aliphatic rings. The van der Waals surface area contributed by atoms with Crippen molar-refractivity contribution in [2.75, 3.05) is 26.0 Å². The fourth-order valence-corrected chi connectivity index (χ4v) is 6.10. The predicted octanol–water partition coefficient (Wildman–Crippen LogP) is 4.57. The summed E-state index contributed by atoms with van der Waals surface area (Å²) in [4.78, 5) is 13.2. The number of rotatable bonds is 11. The summed E-state index contributed by atoms with van der Waals surface area (Å²) in [5, 5.41) is 3.21. The highest BCUT2D eigenvalue weighted by atomic mass is 32.2. The molecule has 0 radical (unpaired) electrons. The Morgan fingerprint density at radius 3 is 2.47 bits per heavy atom. The number of nitrogens with one attached hydrogen (secondary N) is 1. The third kappa shape index (κ3) is 7.57. The lowest BCUT2D eigenvalue weighted by molar-refractivity contribution is -0.127. The molecular weight excluding hydrogens is 448 g/mol. The van der Waals surface area contributed by atoms with Gasteiger partial charge in [0, 0.05) is 13.1 Å². The van der Waals surface area contributed by atoms with Gasteiger partial charge in [0.1, 0.15) is 5.75 Å². The smallest absolute Gasteiger partial charge is 0.224 e. The van der Waals surface area contributed by atoms with E-state index < -0.39 is 10.0 Å². The maximum Gasteiger partial charge on any atom is 0.224 e. The van der Waals surface area contributed by atoms with Crippen LogP contribution in [0.15, 0.2) is 54.6 Å². The summed E-state index contributed by atoms with van der Waals surface area (Å²) in [7, 11) is -1.76. The van der Waals surface area contributed by atoms with Crippen molar-refractivity contribution in [2.45, 2.75) is 52.0 Å². The summed E-state index contributed by atoms with van der Waals surface area (Å²) in [6, 6.07) is 17.6. The maximum atomic E-state index is 13.2. The number of amides is 1. The molecule has 7 heteroatoms. The summed E-state index contributed by atoms with van der Waals surface area (Å²) in [6.45, 7) is 5.02. The van der Waals surface area contributed by atoms with Crippen molar-refractivity contribution in [3.05, 3.63) is 65.7 Å². The van der Waals surface area contributed by atoms with Gasteiger partial charge in [0.2, 0.25) is 15.9 Å². The fourth-order valence-electron chi connectivity index (χ4n) is 4.52. The van der Waals surface area contributed by atoms with E-state index in [1.807, 2.05) is 54.6 Å². The largest absolute Gasteiger partial charge is 0.497 e. The van der Waals surface area contributed by atoms with Gasteiger partial charge in [-0.05, 0) is 61.3 Å². The molecule has 1 saturated heterocycles. The highest BCUT2D eigenvalue weighted by Gasteiger charge is 2.33. The van der Waals surface area contributed by atoms with Crippen LogP contribution < -0.4 is 10.1 Å². The number of benzene rings is 2. The van der Waals surface area contributed by atoms with E-state index in [1.54, 1.807) is 7.11 Å². The first-order valence-electron chi connectivity index (χ1n) is 12.2. The van der Waals surface area contributed by atoms with Crippen molar-refractivity contribution in [2.24, 2.45) is 11.8 Å². The van der Waals surface area contributed by atoms with E-state index >= 15 is 0 Å². The number of carbonyl (C=O) groups excluding carboxylic acids is 1. The fraction of sp³-hybridized carbons (Fsp3) is 0.519. The number of ether oxygens (including phenoxy) is 1. The first kappa shape index (κ1) is 26.2. The first-order chi connectivity index (χ1) is 16.3. The van der Waals surface area contributed by atoms with Crippen LogP contribution in [0, 0.1) is 11.8 Å². The van der Waals surface area contributed by atoms with Crippen LogP contribution in [0.5, 0.6) is 5.75 Å². The monoisotopic (exact) mass is 486 g/mol. The highest BCUT2D eigenvalue weighted by molar-refractivity contribution is 7.89. The lowest BCUT2D eigenvalue weighted by atomic mass is 9.94. The molecule has 2 atom stereocenters. The molecule has 2 aromatic rings. The average molecular weight is 487 g/mol. The molecule has 1 N–H and O–H groups in total. The molecular formula is C27H38N2O4S. The minimum atomic E-state index is -3.39. The number of sulfonamides is 1. The Labute approximate surface area is 204 Å². The van der Waals surface area contributed by atoms with Crippen molar-refractivity contribution < 1.29 is 17.9 Å². The molecule has 1 heterocycles. The summed E-state index contributed by atoms with van der Waals surface area (Å²) < 4.78 is 32.7. The number of methoxy groups -OCH3 is 1. The van der Waals surface area contributed by atoms with Gasteiger partial charge >= 0.3 is 0 Å². The molecule has 3 rings (SSSR count). The van der Waals surface area contributed by atoms with Gasteiger partial charge in [-0.25, -0.2) is 12.7 Å². The molecule has 0 bridgehead atoms. The zero-order chi connectivity index (χ0) is 24.6. The lowest BCUT2D eigenvalue weighted by Gasteiger charge is -2.32. The second-order valence-corrected chi connectivity index (χ2v) is 11.7. The Bertz CT molecular complexity index is 1010. The van der Waals surface area contributed by atoms with Gasteiger partial charge in [-0.15, -0.1) is 0 Å². The Morgan fingerprint density at radius 2 is 1.82 bits per heavy atom. The third-order valence-electron chi connectivity index (χ3n) is 6.40. The van der Waals surface area contributed by atoms with Crippen molar-refractivity contribution in [1.82, 2.24) is 9.62 Å². The van der Waals surface area contributed by atoms with Gasteiger partial charge in [0.05, 0.1) is 24.8 Å². The van der Waals surface area contributed by atoms with E-state index in [9.17, 15) is 13.2 Å². The normalized spacial score (nSPS) is 17.9. The van der Waals surface area contributed by atoms with Crippen molar-refractivity contribution in [3.8, 4) is 5.75 Å². The number of aryl methyl sites for hydroxylation is 1. The van der Waals surface area contributed by atoms with E-state index in [2.05, 4.69) is 19.2 Å². The van der Waals surface area contributed by atoms with Gasteiger partial charge < -0.3 is 10.1 Å². The Hall–Kier alpha value is -2.38. The van der Waals surface area contributed by atoms with Crippen LogP contribution >= 0.6 is 0 Å². The first-order valence-corrected chi connectivity index (χ1v) is 13.9. The number of carbonyl (C=O) groups is 1. The van der Waals surface area contributed by atoms with Crippen LogP contribution in [0.4, 0.5) is 0 Å². The van der Waals surface area contributed by atoms with Crippen molar-refractivity contribution >= 4 is 15.9 Å². The quantitative estimate of drug-likeness (QED) is 0.505. The molecule has 0 spiro atoms. The van der Waals surface area contributed by atoms with E-state index in [-0.39, 0.29) is 30.2 Å². The molecule has 186 valence electrons. The molecule has 2 aromatic carbocycles. The van der Waals surface area contributed by atoms with Crippen LogP contribution in [0.2, 0.25) is 0 Å². The van der Waals surface area contributed by atoms with E-state index in [0.29, 0.717) is 31.7 Å². The van der Waals surface area contributed by atoms with Gasteiger partial charge in [-0.2, -0.15) is 0 Å². The Kier molecular flexibility index (Phi) is 9.54. The van der Waals surface area contributed by atoms with E-state index in [0.717, 1.165) is 29.7 Å². The average Bonchev–Trinajstić information content (AvgIpc) is 2.84. The Morgan fingerprint density at radius 1 is 1.12 bits per heavy atom. The van der Waals surface area contributed by atoms with Crippen molar-refractivity contribution in [3.63, 3.8) is 0 Å². The molecule has 0 aromatic heterocycles. The van der Waals surface area contributed by atoms with E-state index in [4.69, 9.17) is 4.74 Å². The standard InChI is InChI=1S/C27H38N2O4S/c1-21(2)19-26(23-13-15-25(33-3)16-14-23)28-27(30)24-12-7-17-29(20-24)34(31,32)18-8-11-22-9-5-4-6-10-22/h4-6,9-10,13-16,21,24,26H,7-8,11-12,17-20H2,1-3H3,(H,28,30)/t24-,26+/m1/s1. The number of nitrogens with zero attached hydrogens (tertiary/aromatic N) is 1. The van der Waals surface area contributed by atoms with Crippen LogP contribution in [-0.4, -0.2) is 44.6 Å². The second kappa shape index (κ2) is 12.4. The summed E-state index contributed by atoms with van der Waals surface area (Å²) in [5.41, 5.74) is 2.17. The maximum absolute atomic E-state index is 13.2. The molecule has 1 amide bonds. The predicted molar refractivity (Wildman–Crippen MR) is 136 cm³/mol. The zero-order valence-corrected chi connectivity index (χ0v) is 21.4. The molecule has 0 aliphatic carbocycles. The molecule has 1 fully saturated rings. The highest BCUT2D eigenvalue weighted by Crippen LogP contribution is 2.26. The number of hydrogen-bond donors (Lipinski definition) is 1. The number of hydrogen-bond acceptors (Lipinski definition) is 4. The molecule has 34 heavy (non-hydrogen) atoms. The van der Waals surface area contributed by atoms with Gasteiger partial charge in [-0.1, -0.05) is 56.3 Å². The summed E-state index contributed by atoms with van der Waals surface area (Å²) >= 11 is 0. The Balaban J connectivity index is 1.59. The molecule has 1 aliphatic heterocycles. The molecule has 0 saturated carbocycles. The molecule has 6 nitrogen and oxygen atoms in total. The van der Waals surface area contributed by atoms with Crippen LogP contribution in [0.25, 0.3) is 0 Å². The zero-order valence-electron chi connectivity index (χ0n) is 20.6.